The molecular formula is C12H20N2O4S2. The molecule has 0 aliphatic heterocycles. The van der Waals surface area contributed by atoms with Gasteiger partial charge in [-0.2, -0.15) is 0 Å². The lowest BCUT2D eigenvalue weighted by molar-refractivity contribution is -0.121. The molecule has 0 aliphatic rings. The number of hydrogen-bond acceptors (Lipinski definition) is 5. The molecule has 1 atom stereocenters. The summed E-state index contributed by atoms with van der Waals surface area (Å²) in [5.41, 5.74) is 0. The zero-order valence-electron chi connectivity index (χ0n) is 11.3. The van der Waals surface area contributed by atoms with Crippen molar-refractivity contribution in [3.63, 3.8) is 0 Å². The van der Waals surface area contributed by atoms with Crippen LogP contribution in [0.25, 0.3) is 0 Å². The number of aliphatic hydroxyl groups is 1. The summed E-state index contributed by atoms with van der Waals surface area (Å²) >= 11 is 1.13. The molecule has 0 spiro atoms. The van der Waals surface area contributed by atoms with E-state index in [9.17, 15) is 13.2 Å². The maximum Gasteiger partial charge on any atom is 0.250 e. The SMILES string of the molecule is CCC(CCO)NC(=O)CCNS(=O)(=O)c1cccs1. The molecule has 3 N–H and O–H groups in total. The minimum Gasteiger partial charge on any atom is -0.396 e. The first-order valence-electron chi connectivity index (χ1n) is 6.43. The van der Waals surface area contributed by atoms with Crippen LogP contribution in [0, 0.1) is 0 Å². The van der Waals surface area contributed by atoms with Crippen molar-refractivity contribution in [1.29, 1.82) is 0 Å². The molecule has 0 saturated carbocycles. The van der Waals surface area contributed by atoms with Crippen molar-refractivity contribution in [2.75, 3.05) is 13.2 Å². The van der Waals surface area contributed by atoms with Gasteiger partial charge >= 0.3 is 0 Å². The zero-order chi connectivity index (χ0) is 15.0. The van der Waals surface area contributed by atoms with Crippen LogP contribution in [0.15, 0.2) is 21.7 Å². The van der Waals surface area contributed by atoms with Gasteiger partial charge in [-0.25, -0.2) is 13.1 Å². The lowest BCUT2D eigenvalue weighted by atomic mass is 10.1. The number of amides is 1. The van der Waals surface area contributed by atoms with E-state index in [1.807, 2.05) is 6.92 Å². The van der Waals surface area contributed by atoms with Gasteiger partial charge < -0.3 is 10.4 Å². The monoisotopic (exact) mass is 320 g/mol. The normalized spacial score (nSPS) is 13.1. The lowest BCUT2D eigenvalue weighted by Crippen LogP contribution is -2.37. The second kappa shape index (κ2) is 8.35. The van der Waals surface area contributed by atoms with Gasteiger partial charge in [0.25, 0.3) is 0 Å². The molecule has 0 fully saturated rings. The molecule has 20 heavy (non-hydrogen) atoms. The average molecular weight is 320 g/mol. The molecule has 1 aromatic rings. The van der Waals surface area contributed by atoms with Crippen molar-refractivity contribution in [2.24, 2.45) is 0 Å². The Kier molecular flexibility index (Phi) is 7.14. The highest BCUT2D eigenvalue weighted by molar-refractivity contribution is 7.91. The third kappa shape index (κ3) is 5.58. The summed E-state index contributed by atoms with van der Waals surface area (Å²) in [5.74, 6) is -0.223. The van der Waals surface area contributed by atoms with Gasteiger partial charge in [-0.1, -0.05) is 13.0 Å². The highest BCUT2D eigenvalue weighted by Gasteiger charge is 2.15. The fourth-order valence-electron chi connectivity index (χ4n) is 1.62. The predicted octanol–water partition coefficient (Wildman–Crippen LogP) is 0.694. The van der Waals surface area contributed by atoms with E-state index in [1.165, 1.54) is 6.07 Å². The fraction of sp³-hybridized carbons (Fsp3) is 0.583. The van der Waals surface area contributed by atoms with Gasteiger partial charge in [0.1, 0.15) is 4.21 Å². The maximum absolute atomic E-state index is 11.8. The summed E-state index contributed by atoms with van der Waals surface area (Å²) in [6.45, 7) is 1.99. The van der Waals surface area contributed by atoms with Crippen LogP contribution in [-0.4, -0.2) is 38.6 Å². The molecule has 1 rings (SSSR count). The Hall–Kier alpha value is -0.960. The van der Waals surface area contributed by atoms with Crippen LogP contribution in [0.4, 0.5) is 0 Å². The van der Waals surface area contributed by atoms with Crippen molar-refractivity contribution in [3.05, 3.63) is 17.5 Å². The Bertz CT molecular complexity index is 500. The summed E-state index contributed by atoms with van der Waals surface area (Å²) in [6.07, 6.45) is 1.31. The molecule has 114 valence electrons. The number of rotatable bonds is 9. The van der Waals surface area contributed by atoms with Crippen LogP contribution in [0.5, 0.6) is 0 Å². The van der Waals surface area contributed by atoms with E-state index in [0.29, 0.717) is 6.42 Å². The molecule has 1 amide bonds. The van der Waals surface area contributed by atoms with Gasteiger partial charge in [-0.3, -0.25) is 4.79 Å². The molecule has 0 aliphatic carbocycles. The van der Waals surface area contributed by atoms with E-state index in [1.54, 1.807) is 11.4 Å². The standard InChI is InChI=1S/C12H20N2O4S2/c1-2-10(6-8-15)14-11(16)5-7-13-20(17,18)12-4-3-9-19-12/h3-4,9-10,13,15H,2,5-8H2,1H3,(H,14,16). The number of sulfonamides is 1. The lowest BCUT2D eigenvalue weighted by Gasteiger charge is -2.15. The largest absolute Gasteiger partial charge is 0.396 e. The summed E-state index contributed by atoms with van der Waals surface area (Å²) in [5, 5.41) is 13.3. The summed E-state index contributed by atoms with van der Waals surface area (Å²) in [7, 11) is -3.51. The predicted molar refractivity (Wildman–Crippen MR) is 78.0 cm³/mol. The number of aliphatic hydroxyl groups excluding tert-OH is 1. The molecule has 6 nitrogen and oxygen atoms in total. The Morgan fingerprint density at radius 3 is 2.80 bits per heavy atom. The van der Waals surface area contributed by atoms with Crippen LogP contribution in [0.1, 0.15) is 26.2 Å². The quantitative estimate of drug-likeness (QED) is 0.624. The average Bonchev–Trinajstić information content (AvgIpc) is 2.92. The minimum absolute atomic E-state index is 0.0177. The Morgan fingerprint density at radius 1 is 1.50 bits per heavy atom. The first-order chi connectivity index (χ1) is 9.49. The van der Waals surface area contributed by atoms with Crippen LogP contribution in [0.2, 0.25) is 0 Å². The van der Waals surface area contributed by atoms with Gasteiger partial charge in [0.05, 0.1) is 0 Å². The Labute approximate surface area is 123 Å². The van der Waals surface area contributed by atoms with Crippen LogP contribution in [-0.2, 0) is 14.8 Å². The summed E-state index contributed by atoms with van der Waals surface area (Å²) < 4.78 is 26.2. The number of nitrogens with one attached hydrogen (secondary N) is 2. The van der Waals surface area contributed by atoms with Crippen molar-refractivity contribution in [3.8, 4) is 0 Å². The number of hydrogen-bond donors (Lipinski definition) is 3. The third-order valence-corrected chi connectivity index (χ3v) is 5.60. The van der Waals surface area contributed by atoms with E-state index in [0.717, 1.165) is 17.8 Å². The summed E-state index contributed by atoms with van der Waals surface area (Å²) in [4.78, 5) is 11.6. The Balaban J connectivity index is 2.35. The molecule has 8 heteroatoms. The topological polar surface area (TPSA) is 95.5 Å². The second-order valence-electron chi connectivity index (χ2n) is 4.26. The fourth-order valence-corrected chi connectivity index (χ4v) is 3.69. The molecule has 1 unspecified atom stereocenters. The molecular weight excluding hydrogens is 300 g/mol. The van der Waals surface area contributed by atoms with Crippen molar-refractivity contribution < 1.29 is 18.3 Å². The second-order valence-corrected chi connectivity index (χ2v) is 7.21. The van der Waals surface area contributed by atoms with Gasteiger partial charge in [0, 0.05) is 25.6 Å². The van der Waals surface area contributed by atoms with Crippen molar-refractivity contribution >= 4 is 27.3 Å². The molecule has 1 heterocycles. The molecule has 0 bridgehead atoms. The van der Waals surface area contributed by atoms with E-state index < -0.39 is 10.0 Å². The van der Waals surface area contributed by atoms with E-state index in [-0.39, 0.29) is 35.7 Å². The first-order valence-corrected chi connectivity index (χ1v) is 8.79. The number of carbonyl (C=O) groups excluding carboxylic acids is 1. The minimum atomic E-state index is -3.51. The van der Waals surface area contributed by atoms with Gasteiger partial charge in [0.2, 0.25) is 15.9 Å². The third-order valence-electron chi connectivity index (χ3n) is 2.74. The first kappa shape index (κ1) is 17.1. The van der Waals surface area contributed by atoms with Gasteiger partial charge in [0.15, 0.2) is 0 Å². The molecule has 0 aromatic carbocycles. The highest BCUT2D eigenvalue weighted by atomic mass is 32.2. The zero-order valence-corrected chi connectivity index (χ0v) is 13.0. The molecule has 0 saturated heterocycles. The van der Waals surface area contributed by atoms with Crippen LogP contribution < -0.4 is 10.0 Å². The van der Waals surface area contributed by atoms with Gasteiger partial charge in [-0.15, -0.1) is 11.3 Å². The summed E-state index contributed by atoms with van der Waals surface area (Å²) in [6, 6.07) is 3.11. The highest BCUT2D eigenvalue weighted by Crippen LogP contribution is 2.14. The van der Waals surface area contributed by atoms with Crippen LogP contribution >= 0.6 is 11.3 Å². The van der Waals surface area contributed by atoms with E-state index in [2.05, 4.69) is 10.0 Å². The smallest absolute Gasteiger partial charge is 0.250 e. The van der Waals surface area contributed by atoms with E-state index in [4.69, 9.17) is 5.11 Å². The van der Waals surface area contributed by atoms with Crippen LogP contribution in [0.3, 0.4) is 0 Å². The Morgan fingerprint density at radius 2 is 2.25 bits per heavy atom. The maximum atomic E-state index is 11.8. The van der Waals surface area contributed by atoms with E-state index >= 15 is 0 Å². The molecule has 1 aromatic heterocycles. The van der Waals surface area contributed by atoms with Crippen molar-refractivity contribution in [2.45, 2.75) is 36.4 Å². The number of thiophene rings is 1. The van der Waals surface area contributed by atoms with Gasteiger partial charge in [-0.05, 0) is 24.3 Å². The number of carbonyl (C=O) groups is 1. The molecule has 0 radical (unpaired) electrons. The van der Waals surface area contributed by atoms with Crippen molar-refractivity contribution in [1.82, 2.24) is 10.0 Å².